The maximum atomic E-state index is 10.9. The maximum Gasteiger partial charge on any atom is 0.303 e. The lowest BCUT2D eigenvalue weighted by Crippen LogP contribution is -2.45. The summed E-state index contributed by atoms with van der Waals surface area (Å²) < 4.78 is 6.50. The summed E-state index contributed by atoms with van der Waals surface area (Å²) in [6, 6.07) is 6.03. The number of aliphatic hydroxyl groups is 2. The van der Waals surface area contributed by atoms with Crippen molar-refractivity contribution in [3.8, 4) is 17.6 Å². The number of ether oxygens (including phenoxy) is 1. The van der Waals surface area contributed by atoms with E-state index in [-0.39, 0.29) is 18.3 Å². The monoisotopic (exact) mass is 426 g/mol. The molecule has 1 saturated carbocycles. The van der Waals surface area contributed by atoms with E-state index < -0.39 is 29.2 Å². The molecule has 1 heterocycles. The van der Waals surface area contributed by atoms with Crippen molar-refractivity contribution in [3.05, 3.63) is 41.5 Å². The van der Waals surface area contributed by atoms with Gasteiger partial charge < -0.3 is 20.1 Å². The predicted molar refractivity (Wildman–Crippen MR) is 120 cm³/mol. The number of hydrogen-bond acceptors (Lipinski definition) is 4. The van der Waals surface area contributed by atoms with E-state index in [1.807, 2.05) is 32.1 Å². The number of carbonyl (C=O) groups is 1. The minimum absolute atomic E-state index is 0.00869. The zero-order valence-corrected chi connectivity index (χ0v) is 18.9. The van der Waals surface area contributed by atoms with Crippen LogP contribution < -0.4 is 4.74 Å². The van der Waals surface area contributed by atoms with E-state index in [9.17, 15) is 15.0 Å². The molecule has 0 radical (unpaired) electrons. The van der Waals surface area contributed by atoms with Gasteiger partial charge in [-0.05, 0) is 38.2 Å². The second-order valence-electron chi connectivity index (χ2n) is 9.36. The number of aliphatic hydroxyl groups excluding tert-OH is 2. The molecule has 0 saturated heterocycles. The molecule has 31 heavy (non-hydrogen) atoms. The third kappa shape index (κ3) is 4.24. The van der Waals surface area contributed by atoms with Crippen molar-refractivity contribution in [3.63, 3.8) is 0 Å². The summed E-state index contributed by atoms with van der Waals surface area (Å²) in [7, 11) is 0. The Balaban J connectivity index is 1.89. The van der Waals surface area contributed by atoms with Crippen LogP contribution in [0.1, 0.15) is 64.5 Å². The van der Waals surface area contributed by atoms with E-state index >= 15 is 0 Å². The minimum atomic E-state index is -0.796. The van der Waals surface area contributed by atoms with E-state index in [0.29, 0.717) is 25.7 Å². The highest BCUT2D eigenvalue weighted by Gasteiger charge is 2.65. The molecule has 3 N–H and O–H groups in total. The fourth-order valence-electron chi connectivity index (χ4n) is 5.18. The Hall–Kier alpha value is -2.29. The highest BCUT2D eigenvalue weighted by Crippen LogP contribution is 2.61. The second kappa shape index (κ2) is 9.06. The molecule has 1 aliphatic heterocycles. The Morgan fingerprint density at radius 3 is 2.81 bits per heavy atom. The largest absolute Gasteiger partial charge is 0.486 e. The lowest BCUT2D eigenvalue weighted by molar-refractivity contribution is -0.137. The Labute approximate surface area is 185 Å². The third-order valence-electron chi connectivity index (χ3n) is 7.30. The first-order valence-corrected chi connectivity index (χ1v) is 11.1. The summed E-state index contributed by atoms with van der Waals surface area (Å²) in [4.78, 5) is 10.9. The SMILES string of the molecule is CC#CC[C@H](C)[C@H](O)/C=C/[C@H]1[C@H](O)C[C@]2(C)Oc3c(CCCC(=O)O)cccc3[C@]12C. The van der Waals surface area contributed by atoms with Gasteiger partial charge in [0, 0.05) is 36.2 Å². The average molecular weight is 427 g/mol. The first kappa shape index (κ1) is 23.4. The number of para-hydroxylation sites is 1. The van der Waals surface area contributed by atoms with Gasteiger partial charge in [-0.15, -0.1) is 11.8 Å². The number of carboxylic acids is 1. The van der Waals surface area contributed by atoms with Gasteiger partial charge in [0.15, 0.2) is 0 Å². The molecular weight excluding hydrogens is 392 g/mol. The van der Waals surface area contributed by atoms with Crippen LogP contribution >= 0.6 is 0 Å². The predicted octanol–water partition coefficient (Wildman–Crippen LogP) is 3.85. The molecule has 6 atom stereocenters. The number of aliphatic carboxylic acids is 1. The van der Waals surface area contributed by atoms with Gasteiger partial charge in [-0.1, -0.05) is 44.2 Å². The van der Waals surface area contributed by atoms with Crippen LogP contribution in [-0.2, 0) is 16.6 Å². The van der Waals surface area contributed by atoms with Gasteiger partial charge >= 0.3 is 5.97 Å². The highest BCUT2D eigenvalue weighted by atomic mass is 16.5. The maximum absolute atomic E-state index is 10.9. The summed E-state index contributed by atoms with van der Waals surface area (Å²) in [6.07, 6.45) is 4.97. The Morgan fingerprint density at radius 1 is 1.39 bits per heavy atom. The van der Waals surface area contributed by atoms with Crippen LogP contribution in [0.3, 0.4) is 0 Å². The molecule has 1 aromatic rings. The molecule has 5 nitrogen and oxygen atoms in total. The number of rotatable bonds is 8. The molecule has 5 heteroatoms. The lowest BCUT2D eigenvalue weighted by atomic mass is 9.67. The molecule has 1 aliphatic carbocycles. The minimum Gasteiger partial charge on any atom is -0.486 e. The summed E-state index contributed by atoms with van der Waals surface area (Å²) >= 11 is 0. The number of hydrogen-bond donors (Lipinski definition) is 3. The number of fused-ring (bicyclic) bond motifs is 3. The zero-order valence-electron chi connectivity index (χ0n) is 18.9. The molecule has 0 unspecified atom stereocenters. The summed E-state index contributed by atoms with van der Waals surface area (Å²) in [5.74, 6) is 5.71. The van der Waals surface area contributed by atoms with Gasteiger partial charge in [-0.25, -0.2) is 0 Å². The van der Waals surface area contributed by atoms with Crippen molar-refractivity contribution in [2.45, 2.75) is 83.0 Å². The third-order valence-corrected chi connectivity index (χ3v) is 7.30. The quantitative estimate of drug-likeness (QED) is 0.434. The summed E-state index contributed by atoms with van der Waals surface area (Å²) in [5, 5.41) is 30.4. The van der Waals surface area contributed by atoms with Gasteiger partial charge in [0.25, 0.3) is 0 Å². The molecule has 168 valence electrons. The van der Waals surface area contributed by atoms with E-state index in [2.05, 4.69) is 24.8 Å². The van der Waals surface area contributed by atoms with Gasteiger partial charge in [0.1, 0.15) is 11.4 Å². The van der Waals surface area contributed by atoms with Crippen LogP contribution in [-0.4, -0.2) is 39.1 Å². The molecule has 1 fully saturated rings. The van der Waals surface area contributed by atoms with Gasteiger partial charge in [0.2, 0.25) is 0 Å². The summed E-state index contributed by atoms with van der Waals surface area (Å²) in [6.45, 7) is 7.93. The van der Waals surface area contributed by atoms with Crippen molar-refractivity contribution in [2.24, 2.45) is 11.8 Å². The topological polar surface area (TPSA) is 87.0 Å². The van der Waals surface area contributed by atoms with Gasteiger partial charge in [-0.2, -0.15) is 0 Å². The number of benzene rings is 1. The smallest absolute Gasteiger partial charge is 0.303 e. The van der Waals surface area contributed by atoms with Crippen LogP contribution in [0.25, 0.3) is 0 Å². The number of aryl methyl sites for hydroxylation is 1. The summed E-state index contributed by atoms with van der Waals surface area (Å²) in [5.41, 5.74) is 1.04. The van der Waals surface area contributed by atoms with E-state index in [4.69, 9.17) is 9.84 Å². The lowest BCUT2D eigenvalue weighted by Gasteiger charge is -2.36. The highest BCUT2D eigenvalue weighted by molar-refractivity contribution is 5.66. The fraction of sp³-hybridized carbons (Fsp3) is 0.577. The average Bonchev–Trinajstić information content (AvgIpc) is 3.04. The van der Waals surface area contributed by atoms with Gasteiger partial charge in [-0.3, -0.25) is 4.79 Å². The van der Waals surface area contributed by atoms with Crippen molar-refractivity contribution in [1.82, 2.24) is 0 Å². The molecule has 0 aromatic heterocycles. The molecule has 0 amide bonds. The van der Waals surface area contributed by atoms with Crippen LogP contribution in [0.5, 0.6) is 5.75 Å². The van der Waals surface area contributed by atoms with Crippen LogP contribution in [0.15, 0.2) is 30.4 Å². The Kier molecular flexibility index (Phi) is 6.83. The molecule has 1 aromatic carbocycles. The van der Waals surface area contributed by atoms with E-state index in [0.717, 1.165) is 16.9 Å². The van der Waals surface area contributed by atoms with Crippen LogP contribution in [0, 0.1) is 23.7 Å². The van der Waals surface area contributed by atoms with Crippen molar-refractivity contribution < 1.29 is 24.9 Å². The van der Waals surface area contributed by atoms with E-state index in [1.165, 1.54) is 0 Å². The fourth-order valence-corrected chi connectivity index (χ4v) is 5.18. The molecule has 2 aliphatic rings. The van der Waals surface area contributed by atoms with E-state index in [1.54, 1.807) is 13.0 Å². The molecular formula is C26H34O5. The Bertz CT molecular complexity index is 910. The second-order valence-corrected chi connectivity index (χ2v) is 9.36. The van der Waals surface area contributed by atoms with Crippen LogP contribution in [0.4, 0.5) is 0 Å². The normalized spacial score (nSPS) is 30.8. The Morgan fingerprint density at radius 2 is 2.13 bits per heavy atom. The van der Waals surface area contributed by atoms with Crippen molar-refractivity contribution in [2.75, 3.05) is 0 Å². The molecule has 3 rings (SSSR count). The van der Waals surface area contributed by atoms with Crippen molar-refractivity contribution in [1.29, 1.82) is 0 Å². The van der Waals surface area contributed by atoms with Crippen LogP contribution in [0.2, 0.25) is 0 Å². The van der Waals surface area contributed by atoms with Crippen molar-refractivity contribution >= 4 is 5.97 Å². The standard InChI is InChI=1S/C26H34O5/c1-5-6-9-17(2)21(27)15-14-19-22(28)16-25(3)26(19,4)20-12-7-10-18(24(20)31-25)11-8-13-23(29)30/h7,10,12,14-15,17,19,21-22,27-28H,8-9,11,13,16H2,1-4H3,(H,29,30)/b15-14+/t17-,19-,21+,22+,25-,26-/m0/s1. The zero-order chi connectivity index (χ0) is 22.8. The molecule has 0 spiro atoms. The number of carboxylic acid groups (broad SMARTS) is 1. The van der Waals surface area contributed by atoms with Gasteiger partial charge in [0.05, 0.1) is 12.2 Å². The molecule has 0 bridgehead atoms. The first-order valence-electron chi connectivity index (χ1n) is 11.1. The first-order chi connectivity index (χ1) is 14.6.